The molecule has 0 aliphatic carbocycles. The number of amides is 1. The number of rotatable bonds is 5. The third kappa shape index (κ3) is 4.01. The van der Waals surface area contributed by atoms with Crippen LogP contribution >= 0.6 is 11.8 Å². The molecule has 6 heteroatoms. The number of carbonyl (C=O) groups excluding carboxylic acids is 1. The summed E-state index contributed by atoms with van der Waals surface area (Å²) in [4.78, 5) is 25.4. The molecule has 27 heavy (non-hydrogen) atoms. The topological polar surface area (TPSA) is 52.2 Å². The number of likely N-dealkylation sites (N-methyl/N-ethyl adjacent to an activating group) is 1. The van der Waals surface area contributed by atoms with Gasteiger partial charge in [-0.25, -0.2) is 4.98 Å². The van der Waals surface area contributed by atoms with E-state index in [0.29, 0.717) is 0 Å². The maximum Gasteiger partial charge on any atom is 0.254 e. The fourth-order valence-electron chi connectivity index (χ4n) is 3.44. The number of hydrogen-bond acceptors (Lipinski definition) is 4. The van der Waals surface area contributed by atoms with E-state index >= 15 is 0 Å². The summed E-state index contributed by atoms with van der Waals surface area (Å²) < 4.78 is 0. The number of aromatic nitrogens is 2. The maximum absolute atomic E-state index is 13.0. The number of para-hydroxylation sites is 2. The minimum atomic E-state index is 0.145. The number of imidazole rings is 1. The van der Waals surface area contributed by atoms with E-state index in [2.05, 4.69) is 21.8 Å². The zero-order chi connectivity index (χ0) is 18.6. The van der Waals surface area contributed by atoms with Crippen molar-refractivity contribution in [1.29, 1.82) is 0 Å². The van der Waals surface area contributed by atoms with Crippen molar-refractivity contribution in [3.63, 3.8) is 0 Å². The molecular weight excluding hydrogens is 356 g/mol. The average molecular weight is 381 g/mol. The van der Waals surface area contributed by atoms with Gasteiger partial charge in [-0.05, 0) is 30.3 Å². The Hall–Kier alpha value is -2.31. The van der Waals surface area contributed by atoms with Crippen LogP contribution in [-0.4, -0.2) is 58.4 Å². The normalized spacial score (nSPS) is 15.4. The molecule has 1 aromatic heterocycles. The molecule has 0 radical (unpaired) electrons. The smallest absolute Gasteiger partial charge is 0.254 e. The minimum Gasteiger partial charge on any atom is -0.336 e. The number of benzene rings is 2. The molecule has 140 valence electrons. The highest BCUT2D eigenvalue weighted by atomic mass is 32.2. The Kier molecular flexibility index (Phi) is 5.45. The van der Waals surface area contributed by atoms with Crippen LogP contribution in [0.1, 0.15) is 22.8 Å². The molecule has 3 aromatic rings. The lowest BCUT2D eigenvalue weighted by Crippen LogP contribution is -2.48. The minimum absolute atomic E-state index is 0.145. The molecule has 4 rings (SSSR count). The van der Waals surface area contributed by atoms with E-state index < -0.39 is 0 Å². The molecule has 2 heterocycles. The molecule has 1 saturated heterocycles. The first kappa shape index (κ1) is 18.1. The second kappa shape index (κ2) is 8.15. The zero-order valence-corrected chi connectivity index (χ0v) is 16.3. The summed E-state index contributed by atoms with van der Waals surface area (Å²) >= 11 is 1.64. The fourth-order valence-corrected chi connectivity index (χ4v) is 4.33. The van der Waals surface area contributed by atoms with Gasteiger partial charge in [-0.3, -0.25) is 4.79 Å². The van der Waals surface area contributed by atoms with Gasteiger partial charge in [-0.15, -0.1) is 0 Å². The number of nitrogens with zero attached hydrogens (tertiary/aromatic N) is 3. The Morgan fingerprint density at radius 1 is 1.07 bits per heavy atom. The van der Waals surface area contributed by atoms with Crippen molar-refractivity contribution >= 4 is 28.7 Å². The van der Waals surface area contributed by atoms with E-state index in [1.165, 1.54) is 0 Å². The first-order chi connectivity index (χ1) is 13.2. The number of H-pyrrole nitrogens is 1. The van der Waals surface area contributed by atoms with Gasteiger partial charge in [0.2, 0.25) is 0 Å². The molecule has 2 aromatic carbocycles. The van der Waals surface area contributed by atoms with Gasteiger partial charge in [-0.1, -0.05) is 49.0 Å². The van der Waals surface area contributed by atoms with Crippen molar-refractivity contribution < 1.29 is 4.79 Å². The Labute approximate surface area is 163 Å². The second-order valence-electron chi connectivity index (χ2n) is 6.73. The predicted octanol–water partition coefficient (Wildman–Crippen LogP) is 3.63. The summed E-state index contributed by atoms with van der Waals surface area (Å²) in [5.74, 6) is 0.864. The van der Waals surface area contributed by atoms with Crippen LogP contribution in [0.4, 0.5) is 0 Å². The molecule has 5 nitrogen and oxygen atoms in total. The van der Waals surface area contributed by atoms with Gasteiger partial charge in [0.25, 0.3) is 5.91 Å². The standard InChI is InChI=1S/C21H24N4OS/c1-2-24-11-13-25(14-12-24)20(26)17-8-4-3-7-16(17)15-27-21-22-18-9-5-6-10-19(18)23-21/h3-10H,2,11-15H2,1H3,(H,22,23). The highest BCUT2D eigenvalue weighted by Gasteiger charge is 2.23. The van der Waals surface area contributed by atoms with Gasteiger partial charge in [0.05, 0.1) is 11.0 Å². The van der Waals surface area contributed by atoms with Crippen LogP contribution in [0.5, 0.6) is 0 Å². The lowest BCUT2D eigenvalue weighted by atomic mass is 10.1. The number of piperazine rings is 1. The number of aromatic amines is 1. The molecule has 0 atom stereocenters. The van der Waals surface area contributed by atoms with Crippen molar-refractivity contribution in [2.24, 2.45) is 0 Å². The van der Waals surface area contributed by atoms with Gasteiger partial charge in [0.15, 0.2) is 5.16 Å². The van der Waals surface area contributed by atoms with Gasteiger partial charge < -0.3 is 14.8 Å². The van der Waals surface area contributed by atoms with Crippen LogP contribution in [0, 0.1) is 0 Å². The first-order valence-electron chi connectivity index (χ1n) is 9.41. The second-order valence-corrected chi connectivity index (χ2v) is 7.70. The monoisotopic (exact) mass is 380 g/mol. The summed E-state index contributed by atoms with van der Waals surface area (Å²) in [5.41, 5.74) is 3.88. The van der Waals surface area contributed by atoms with Crippen molar-refractivity contribution in [1.82, 2.24) is 19.8 Å². The summed E-state index contributed by atoms with van der Waals surface area (Å²) in [7, 11) is 0. The number of carbonyl (C=O) groups is 1. The molecule has 0 bridgehead atoms. The first-order valence-corrected chi connectivity index (χ1v) is 10.4. The molecule has 1 fully saturated rings. The van der Waals surface area contributed by atoms with Crippen LogP contribution in [-0.2, 0) is 5.75 Å². The van der Waals surface area contributed by atoms with E-state index in [-0.39, 0.29) is 5.91 Å². The zero-order valence-electron chi connectivity index (χ0n) is 15.5. The van der Waals surface area contributed by atoms with E-state index in [0.717, 1.165) is 65.8 Å². The van der Waals surface area contributed by atoms with Crippen molar-refractivity contribution in [3.8, 4) is 0 Å². The van der Waals surface area contributed by atoms with E-state index in [9.17, 15) is 4.79 Å². The quantitative estimate of drug-likeness (QED) is 0.687. The summed E-state index contributed by atoms with van der Waals surface area (Å²) in [5, 5.41) is 0.884. The summed E-state index contributed by atoms with van der Waals surface area (Å²) in [6, 6.07) is 16.0. The molecule has 0 spiro atoms. The molecule has 1 aliphatic rings. The van der Waals surface area contributed by atoms with Gasteiger partial charge in [0, 0.05) is 37.5 Å². The van der Waals surface area contributed by atoms with Gasteiger partial charge in [-0.2, -0.15) is 0 Å². The highest BCUT2D eigenvalue weighted by molar-refractivity contribution is 7.98. The molecule has 1 N–H and O–H groups in total. The van der Waals surface area contributed by atoms with Crippen LogP contribution in [0.15, 0.2) is 53.7 Å². The van der Waals surface area contributed by atoms with E-state index in [1.54, 1.807) is 11.8 Å². The van der Waals surface area contributed by atoms with Crippen molar-refractivity contribution in [2.75, 3.05) is 32.7 Å². The Morgan fingerprint density at radius 3 is 2.59 bits per heavy atom. The Morgan fingerprint density at radius 2 is 1.81 bits per heavy atom. The third-order valence-corrected chi connectivity index (χ3v) is 6.01. The number of hydrogen-bond donors (Lipinski definition) is 1. The van der Waals surface area contributed by atoms with Crippen molar-refractivity contribution in [2.45, 2.75) is 17.8 Å². The number of thioether (sulfide) groups is 1. The fraction of sp³-hybridized carbons (Fsp3) is 0.333. The Bertz CT molecular complexity index is 898. The summed E-state index contributed by atoms with van der Waals surface area (Å²) in [6.07, 6.45) is 0. The van der Waals surface area contributed by atoms with Crippen LogP contribution < -0.4 is 0 Å². The molecule has 1 aliphatic heterocycles. The SMILES string of the molecule is CCN1CCN(C(=O)c2ccccc2CSc2nc3ccccc3[nH]2)CC1. The largest absolute Gasteiger partial charge is 0.336 e. The molecule has 0 unspecified atom stereocenters. The lowest BCUT2D eigenvalue weighted by molar-refractivity contribution is 0.0642. The maximum atomic E-state index is 13.0. The van der Waals surface area contributed by atoms with Crippen LogP contribution in [0.25, 0.3) is 11.0 Å². The molecule has 1 amide bonds. The Balaban J connectivity index is 1.46. The highest BCUT2D eigenvalue weighted by Crippen LogP contribution is 2.25. The van der Waals surface area contributed by atoms with Crippen LogP contribution in [0.2, 0.25) is 0 Å². The lowest BCUT2D eigenvalue weighted by Gasteiger charge is -2.34. The predicted molar refractivity (Wildman–Crippen MR) is 110 cm³/mol. The van der Waals surface area contributed by atoms with E-state index in [1.807, 2.05) is 53.4 Å². The third-order valence-electron chi connectivity index (χ3n) is 5.09. The molecule has 0 saturated carbocycles. The van der Waals surface area contributed by atoms with E-state index in [4.69, 9.17) is 0 Å². The number of nitrogens with one attached hydrogen (secondary N) is 1. The van der Waals surface area contributed by atoms with Crippen molar-refractivity contribution in [3.05, 3.63) is 59.7 Å². The van der Waals surface area contributed by atoms with Gasteiger partial charge >= 0.3 is 0 Å². The number of fused-ring (bicyclic) bond motifs is 1. The van der Waals surface area contributed by atoms with Crippen LogP contribution in [0.3, 0.4) is 0 Å². The van der Waals surface area contributed by atoms with Gasteiger partial charge in [0.1, 0.15) is 0 Å². The summed E-state index contributed by atoms with van der Waals surface area (Å²) in [6.45, 7) is 6.74. The average Bonchev–Trinajstić information content (AvgIpc) is 3.15. The molecular formula is C21H24N4OS.